The highest BCUT2D eigenvalue weighted by atomic mass is 16.3. The maximum atomic E-state index is 5.79. The van der Waals surface area contributed by atoms with E-state index in [1.807, 2.05) is 0 Å². The molecule has 0 unspecified atom stereocenters. The van der Waals surface area contributed by atoms with Crippen LogP contribution in [0.15, 0.2) is 16.5 Å². The second-order valence-corrected chi connectivity index (χ2v) is 5.05. The van der Waals surface area contributed by atoms with Gasteiger partial charge in [-0.1, -0.05) is 33.8 Å². The van der Waals surface area contributed by atoms with E-state index in [0.29, 0.717) is 11.8 Å². The number of benzene rings is 1. The summed E-state index contributed by atoms with van der Waals surface area (Å²) >= 11 is 0. The van der Waals surface area contributed by atoms with Gasteiger partial charge in [0.15, 0.2) is 11.5 Å². The molecule has 0 atom stereocenters. The molecule has 0 bridgehead atoms. The van der Waals surface area contributed by atoms with Crippen LogP contribution in [0.3, 0.4) is 0 Å². The SMILES string of the molecule is Cc1cc(C(C)C)cc2oc(C(C)C)nc12. The van der Waals surface area contributed by atoms with Gasteiger partial charge < -0.3 is 4.42 Å². The molecule has 0 fully saturated rings. The van der Waals surface area contributed by atoms with Gasteiger partial charge in [0, 0.05) is 5.92 Å². The standard InChI is InChI=1S/C14H19NO/c1-8(2)11-6-10(5)13-12(7-11)16-14(15-13)9(3)4/h6-9H,1-5H3. The van der Waals surface area contributed by atoms with Crippen LogP contribution < -0.4 is 0 Å². The Hall–Kier alpha value is -1.31. The summed E-state index contributed by atoms with van der Waals surface area (Å²) < 4.78 is 5.79. The molecular formula is C14H19NO. The first-order valence-corrected chi connectivity index (χ1v) is 5.90. The van der Waals surface area contributed by atoms with Crippen LogP contribution in [0.1, 0.15) is 56.5 Å². The van der Waals surface area contributed by atoms with Gasteiger partial charge in [0.25, 0.3) is 0 Å². The van der Waals surface area contributed by atoms with Crippen LogP contribution in [0.4, 0.5) is 0 Å². The Kier molecular flexibility index (Phi) is 2.75. The van der Waals surface area contributed by atoms with Gasteiger partial charge >= 0.3 is 0 Å². The molecule has 0 saturated carbocycles. The fourth-order valence-corrected chi connectivity index (χ4v) is 1.82. The van der Waals surface area contributed by atoms with Gasteiger partial charge in [-0.25, -0.2) is 4.98 Å². The molecule has 2 rings (SSSR count). The van der Waals surface area contributed by atoms with Crippen molar-refractivity contribution in [1.29, 1.82) is 0 Å². The molecule has 0 radical (unpaired) electrons. The summed E-state index contributed by atoms with van der Waals surface area (Å²) in [5.74, 6) is 1.70. The fourth-order valence-electron chi connectivity index (χ4n) is 1.82. The second kappa shape index (κ2) is 3.93. The predicted molar refractivity (Wildman–Crippen MR) is 66.9 cm³/mol. The van der Waals surface area contributed by atoms with Gasteiger partial charge in [-0.15, -0.1) is 0 Å². The maximum absolute atomic E-state index is 5.79. The Labute approximate surface area is 96.7 Å². The van der Waals surface area contributed by atoms with Crippen LogP contribution >= 0.6 is 0 Å². The molecule has 1 heterocycles. The van der Waals surface area contributed by atoms with E-state index in [1.165, 1.54) is 11.1 Å². The minimum Gasteiger partial charge on any atom is -0.440 e. The van der Waals surface area contributed by atoms with Crippen molar-refractivity contribution in [2.75, 3.05) is 0 Å². The summed E-state index contributed by atoms with van der Waals surface area (Å²) in [7, 11) is 0. The predicted octanol–water partition coefficient (Wildman–Crippen LogP) is 4.38. The number of aryl methyl sites for hydroxylation is 1. The van der Waals surface area contributed by atoms with Crippen molar-refractivity contribution in [2.45, 2.75) is 46.5 Å². The van der Waals surface area contributed by atoms with E-state index in [0.717, 1.165) is 17.0 Å². The third-order valence-corrected chi connectivity index (χ3v) is 2.88. The van der Waals surface area contributed by atoms with Crippen molar-refractivity contribution >= 4 is 11.1 Å². The van der Waals surface area contributed by atoms with E-state index < -0.39 is 0 Å². The Morgan fingerprint density at radius 2 is 1.75 bits per heavy atom. The van der Waals surface area contributed by atoms with E-state index in [-0.39, 0.29) is 0 Å². The number of nitrogens with zero attached hydrogens (tertiary/aromatic N) is 1. The van der Waals surface area contributed by atoms with Crippen LogP contribution in [0, 0.1) is 6.92 Å². The van der Waals surface area contributed by atoms with Gasteiger partial charge in [0.1, 0.15) is 5.52 Å². The first kappa shape index (κ1) is 11.2. The van der Waals surface area contributed by atoms with Crippen molar-refractivity contribution in [1.82, 2.24) is 4.98 Å². The summed E-state index contributed by atoms with van der Waals surface area (Å²) in [4.78, 5) is 4.55. The lowest BCUT2D eigenvalue weighted by molar-refractivity contribution is 0.501. The van der Waals surface area contributed by atoms with Crippen molar-refractivity contribution in [3.63, 3.8) is 0 Å². The molecule has 16 heavy (non-hydrogen) atoms. The first-order valence-electron chi connectivity index (χ1n) is 5.90. The molecule has 0 aliphatic rings. The quantitative estimate of drug-likeness (QED) is 0.746. The van der Waals surface area contributed by atoms with Crippen LogP contribution in [0.5, 0.6) is 0 Å². The van der Waals surface area contributed by atoms with Crippen molar-refractivity contribution < 1.29 is 4.42 Å². The van der Waals surface area contributed by atoms with E-state index in [1.54, 1.807) is 0 Å². The minimum absolute atomic E-state index is 0.342. The van der Waals surface area contributed by atoms with E-state index in [2.05, 4.69) is 51.7 Å². The van der Waals surface area contributed by atoms with E-state index >= 15 is 0 Å². The van der Waals surface area contributed by atoms with Crippen LogP contribution in [-0.4, -0.2) is 4.98 Å². The average molecular weight is 217 g/mol. The first-order chi connectivity index (χ1) is 7.49. The second-order valence-electron chi connectivity index (χ2n) is 5.05. The Balaban J connectivity index is 2.63. The molecule has 1 aromatic heterocycles. The zero-order valence-electron chi connectivity index (χ0n) is 10.7. The monoisotopic (exact) mass is 217 g/mol. The molecule has 86 valence electrons. The Bertz CT molecular complexity index is 509. The number of fused-ring (bicyclic) bond motifs is 1. The number of aromatic nitrogens is 1. The molecule has 0 N–H and O–H groups in total. The number of hydrogen-bond acceptors (Lipinski definition) is 2. The van der Waals surface area contributed by atoms with Crippen LogP contribution in [0.25, 0.3) is 11.1 Å². The van der Waals surface area contributed by atoms with Crippen LogP contribution in [-0.2, 0) is 0 Å². The summed E-state index contributed by atoms with van der Waals surface area (Å²) in [5, 5.41) is 0. The Morgan fingerprint density at radius 1 is 1.06 bits per heavy atom. The molecule has 0 aliphatic carbocycles. The van der Waals surface area contributed by atoms with Gasteiger partial charge in [-0.2, -0.15) is 0 Å². The molecule has 2 heteroatoms. The molecule has 0 saturated heterocycles. The van der Waals surface area contributed by atoms with E-state index in [9.17, 15) is 0 Å². The summed E-state index contributed by atoms with van der Waals surface area (Å²) in [5.41, 5.74) is 4.45. The summed E-state index contributed by atoms with van der Waals surface area (Å²) in [6.07, 6.45) is 0. The molecule has 0 spiro atoms. The Morgan fingerprint density at radius 3 is 2.31 bits per heavy atom. The number of oxazole rings is 1. The number of hydrogen-bond donors (Lipinski definition) is 0. The minimum atomic E-state index is 0.342. The van der Waals surface area contributed by atoms with Gasteiger partial charge in [0.2, 0.25) is 0 Å². The highest BCUT2D eigenvalue weighted by molar-refractivity contribution is 5.77. The van der Waals surface area contributed by atoms with Crippen LogP contribution in [0.2, 0.25) is 0 Å². The molecule has 1 aromatic carbocycles. The molecule has 2 aromatic rings. The number of rotatable bonds is 2. The fraction of sp³-hybridized carbons (Fsp3) is 0.500. The topological polar surface area (TPSA) is 26.0 Å². The largest absolute Gasteiger partial charge is 0.440 e. The van der Waals surface area contributed by atoms with Gasteiger partial charge in [-0.05, 0) is 30.0 Å². The summed E-state index contributed by atoms with van der Waals surface area (Å²) in [6, 6.07) is 4.32. The lowest BCUT2D eigenvalue weighted by atomic mass is 10.0. The smallest absolute Gasteiger partial charge is 0.198 e. The molecular weight excluding hydrogens is 198 g/mol. The maximum Gasteiger partial charge on any atom is 0.198 e. The van der Waals surface area contributed by atoms with Crippen molar-refractivity contribution in [3.8, 4) is 0 Å². The molecule has 2 nitrogen and oxygen atoms in total. The van der Waals surface area contributed by atoms with E-state index in [4.69, 9.17) is 4.42 Å². The third kappa shape index (κ3) is 1.84. The zero-order chi connectivity index (χ0) is 11.9. The zero-order valence-corrected chi connectivity index (χ0v) is 10.7. The molecule has 0 amide bonds. The highest BCUT2D eigenvalue weighted by Crippen LogP contribution is 2.27. The lowest BCUT2D eigenvalue weighted by Gasteiger charge is -2.05. The average Bonchev–Trinajstić information content (AvgIpc) is 2.61. The van der Waals surface area contributed by atoms with Crippen molar-refractivity contribution in [3.05, 3.63) is 29.2 Å². The lowest BCUT2D eigenvalue weighted by Crippen LogP contribution is -1.89. The molecule has 0 aliphatic heterocycles. The summed E-state index contributed by atoms with van der Waals surface area (Å²) in [6.45, 7) is 10.7. The third-order valence-electron chi connectivity index (χ3n) is 2.88. The van der Waals surface area contributed by atoms with Crippen molar-refractivity contribution in [2.24, 2.45) is 0 Å². The normalized spacial score (nSPS) is 11.9. The highest BCUT2D eigenvalue weighted by Gasteiger charge is 2.12. The van der Waals surface area contributed by atoms with Gasteiger partial charge in [0.05, 0.1) is 0 Å². The van der Waals surface area contributed by atoms with Gasteiger partial charge in [-0.3, -0.25) is 0 Å².